The van der Waals surface area contributed by atoms with Crippen LogP contribution in [0.5, 0.6) is 0 Å². The van der Waals surface area contributed by atoms with Crippen molar-refractivity contribution in [3.63, 3.8) is 0 Å². The Labute approximate surface area is 127 Å². The van der Waals surface area contributed by atoms with Crippen molar-refractivity contribution in [1.82, 2.24) is 4.90 Å². The van der Waals surface area contributed by atoms with Gasteiger partial charge in [0, 0.05) is 18.0 Å². The number of thiophene rings is 1. The van der Waals surface area contributed by atoms with E-state index in [0.29, 0.717) is 5.92 Å². The summed E-state index contributed by atoms with van der Waals surface area (Å²) in [6.45, 7) is 6.38. The highest BCUT2D eigenvalue weighted by molar-refractivity contribution is 8.18. The van der Waals surface area contributed by atoms with E-state index in [0.717, 1.165) is 28.0 Å². The number of hydrogen-bond donors (Lipinski definition) is 0. The van der Waals surface area contributed by atoms with Gasteiger partial charge in [0.05, 0.1) is 4.91 Å². The molecule has 1 unspecified atom stereocenters. The number of thioether (sulfide) groups is 1. The van der Waals surface area contributed by atoms with Crippen LogP contribution in [0.2, 0.25) is 0 Å². The summed E-state index contributed by atoms with van der Waals surface area (Å²) in [5.41, 5.74) is 1.22. The number of carbonyl (C=O) groups excluding carboxylic acids is 1. The molecule has 1 aromatic heterocycles. The summed E-state index contributed by atoms with van der Waals surface area (Å²) < 4.78 is 0. The number of likely N-dealkylation sites (tertiary alicyclic amines) is 1. The number of aryl methyl sites for hydroxylation is 1. The van der Waals surface area contributed by atoms with Gasteiger partial charge >= 0.3 is 0 Å². The third kappa shape index (κ3) is 2.83. The zero-order valence-corrected chi connectivity index (χ0v) is 13.4. The highest BCUT2D eigenvalue weighted by atomic mass is 32.2. The minimum absolute atomic E-state index is 0.0870. The zero-order valence-electron chi connectivity index (χ0n) is 11.8. The number of rotatable bonds is 1. The average molecular weight is 306 g/mol. The summed E-state index contributed by atoms with van der Waals surface area (Å²) in [6, 6.07) is 2.08. The fourth-order valence-electron chi connectivity index (χ4n) is 2.55. The molecule has 20 heavy (non-hydrogen) atoms. The van der Waals surface area contributed by atoms with Crippen LogP contribution in [0.3, 0.4) is 0 Å². The number of piperidine rings is 1. The largest absolute Gasteiger partial charge is 0.351 e. The first-order valence-electron chi connectivity index (χ1n) is 6.95. The van der Waals surface area contributed by atoms with Gasteiger partial charge in [0.15, 0.2) is 5.17 Å². The molecule has 1 fully saturated rings. The molecule has 0 aliphatic carbocycles. The Kier molecular flexibility index (Phi) is 3.98. The number of nitrogens with zero attached hydrogens (tertiary/aromatic N) is 2. The molecule has 106 valence electrons. The minimum Gasteiger partial charge on any atom is -0.351 e. The summed E-state index contributed by atoms with van der Waals surface area (Å²) in [7, 11) is 0. The number of aliphatic imine (C=N–C) groups is 1. The maximum atomic E-state index is 12.0. The van der Waals surface area contributed by atoms with Crippen molar-refractivity contribution in [3.8, 4) is 0 Å². The summed E-state index contributed by atoms with van der Waals surface area (Å²) in [6.07, 6.45) is 4.45. The van der Waals surface area contributed by atoms with E-state index in [-0.39, 0.29) is 5.91 Å². The maximum absolute atomic E-state index is 12.0. The molecule has 5 heteroatoms. The van der Waals surface area contributed by atoms with Gasteiger partial charge in [0.2, 0.25) is 0 Å². The highest BCUT2D eigenvalue weighted by Crippen LogP contribution is 2.33. The molecular formula is C15H18N2OS2. The summed E-state index contributed by atoms with van der Waals surface area (Å²) in [5, 5.41) is 2.95. The molecular weight excluding hydrogens is 288 g/mol. The molecule has 2 aliphatic rings. The van der Waals surface area contributed by atoms with Crippen molar-refractivity contribution in [1.29, 1.82) is 0 Å². The second-order valence-electron chi connectivity index (χ2n) is 5.47. The van der Waals surface area contributed by atoms with Gasteiger partial charge in [-0.25, -0.2) is 0 Å². The van der Waals surface area contributed by atoms with Crippen LogP contribution in [0.4, 0.5) is 0 Å². The molecule has 3 heterocycles. The van der Waals surface area contributed by atoms with E-state index in [1.54, 1.807) is 11.3 Å². The second kappa shape index (κ2) is 5.74. The molecule has 1 amide bonds. The summed E-state index contributed by atoms with van der Waals surface area (Å²) in [4.78, 5) is 20.5. The van der Waals surface area contributed by atoms with Crippen molar-refractivity contribution < 1.29 is 4.79 Å². The number of hydrogen-bond acceptors (Lipinski definition) is 4. The van der Waals surface area contributed by atoms with Crippen LogP contribution >= 0.6 is 23.1 Å². The van der Waals surface area contributed by atoms with Crippen LogP contribution in [0.25, 0.3) is 6.08 Å². The van der Waals surface area contributed by atoms with Crippen LogP contribution in [0.1, 0.15) is 30.2 Å². The van der Waals surface area contributed by atoms with Crippen LogP contribution in [-0.2, 0) is 4.79 Å². The smallest absolute Gasteiger partial charge is 0.286 e. The van der Waals surface area contributed by atoms with Crippen molar-refractivity contribution >= 4 is 40.2 Å². The molecule has 0 spiro atoms. The Hall–Kier alpha value is -1.07. The fraction of sp³-hybridized carbons (Fsp3) is 0.467. The highest BCUT2D eigenvalue weighted by Gasteiger charge is 2.28. The Balaban J connectivity index is 1.75. The third-order valence-electron chi connectivity index (χ3n) is 3.70. The molecule has 0 bridgehead atoms. The van der Waals surface area contributed by atoms with Crippen LogP contribution in [0.15, 0.2) is 21.3 Å². The summed E-state index contributed by atoms with van der Waals surface area (Å²) in [5.74, 6) is 0.603. The van der Waals surface area contributed by atoms with Crippen molar-refractivity contribution in [2.45, 2.75) is 26.7 Å². The maximum Gasteiger partial charge on any atom is 0.286 e. The van der Waals surface area contributed by atoms with Crippen molar-refractivity contribution in [2.24, 2.45) is 10.9 Å². The first-order chi connectivity index (χ1) is 9.63. The van der Waals surface area contributed by atoms with Gasteiger partial charge in [0.1, 0.15) is 0 Å². The molecule has 2 aliphatic heterocycles. The van der Waals surface area contributed by atoms with Crippen molar-refractivity contribution in [3.05, 3.63) is 26.8 Å². The number of amides is 1. The molecule has 1 saturated heterocycles. The van der Waals surface area contributed by atoms with Crippen molar-refractivity contribution in [2.75, 3.05) is 13.1 Å². The molecule has 3 nitrogen and oxygen atoms in total. The lowest BCUT2D eigenvalue weighted by Crippen LogP contribution is -2.37. The lowest BCUT2D eigenvalue weighted by molar-refractivity contribution is -0.113. The lowest BCUT2D eigenvalue weighted by Gasteiger charge is -2.31. The second-order valence-corrected chi connectivity index (χ2v) is 7.43. The van der Waals surface area contributed by atoms with Gasteiger partial charge in [-0.05, 0) is 60.5 Å². The molecule has 0 N–H and O–H groups in total. The Morgan fingerprint density at radius 1 is 1.50 bits per heavy atom. The number of amidine groups is 1. The van der Waals surface area contributed by atoms with Gasteiger partial charge in [-0.3, -0.25) is 4.79 Å². The van der Waals surface area contributed by atoms with E-state index in [1.807, 2.05) is 6.08 Å². The zero-order chi connectivity index (χ0) is 14.1. The van der Waals surface area contributed by atoms with E-state index >= 15 is 0 Å². The number of carbonyl (C=O) groups is 1. The molecule has 1 aromatic rings. The predicted molar refractivity (Wildman–Crippen MR) is 87.0 cm³/mol. The minimum atomic E-state index is -0.0870. The molecule has 0 saturated carbocycles. The summed E-state index contributed by atoms with van der Waals surface area (Å²) >= 11 is 3.20. The molecule has 1 atom stereocenters. The van der Waals surface area contributed by atoms with E-state index in [4.69, 9.17) is 0 Å². The van der Waals surface area contributed by atoms with E-state index in [2.05, 4.69) is 35.2 Å². The van der Waals surface area contributed by atoms with Gasteiger partial charge in [-0.2, -0.15) is 4.99 Å². The normalized spacial score (nSPS) is 25.4. The Bertz CT molecular complexity index is 588. The first-order valence-corrected chi connectivity index (χ1v) is 8.64. The van der Waals surface area contributed by atoms with Gasteiger partial charge in [0.25, 0.3) is 5.91 Å². The molecule has 0 aromatic carbocycles. The Morgan fingerprint density at radius 3 is 3.05 bits per heavy atom. The quantitative estimate of drug-likeness (QED) is 0.741. The lowest BCUT2D eigenvalue weighted by atomic mass is 10.0. The Morgan fingerprint density at radius 2 is 2.35 bits per heavy atom. The van der Waals surface area contributed by atoms with Crippen LogP contribution in [0, 0.1) is 12.8 Å². The fourth-order valence-corrected chi connectivity index (χ4v) is 4.41. The van der Waals surface area contributed by atoms with E-state index in [1.165, 1.54) is 30.2 Å². The monoisotopic (exact) mass is 306 g/mol. The molecule has 0 radical (unpaired) electrons. The van der Waals surface area contributed by atoms with E-state index in [9.17, 15) is 4.79 Å². The predicted octanol–water partition coefficient (Wildman–Crippen LogP) is 3.76. The van der Waals surface area contributed by atoms with E-state index < -0.39 is 0 Å². The third-order valence-corrected chi connectivity index (χ3v) is 5.71. The standard InChI is InChI=1S/C15H18N2OS2/c1-10-4-3-6-17(9-10)15-16-14(18)13(20-15)8-12-11(2)5-7-19-12/h5,7-8,10H,3-4,6,9H2,1-2H3/b13-8+. The average Bonchev–Trinajstić information content (AvgIpc) is 2.98. The van der Waals surface area contributed by atoms with Crippen LogP contribution in [-0.4, -0.2) is 29.1 Å². The van der Waals surface area contributed by atoms with Crippen LogP contribution < -0.4 is 0 Å². The SMILES string of the molecule is Cc1ccsc1/C=C1/SC(N2CCCC(C)C2)=NC1=O. The molecule has 3 rings (SSSR count). The van der Waals surface area contributed by atoms with Gasteiger partial charge in [-0.15, -0.1) is 11.3 Å². The van der Waals surface area contributed by atoms with Gasteiger partial charge < -0.3 is 4.90 Å². The topological polar surface area (TPSA) is 32.7 Å². The van der Waals surface area contributed by atoms with Gasteiger partial charge in [-0.1, -0.05) is 6.92 Å². The first kappa shape index (κ1) is 13.9.